The largest absolute Gasteiger partial charge is 0.394 e. The van der Waals surface area contributed by atoms with Gasteiger partial charge in [-0.2, -0.15) is 0 Å². The van der Waals surface area contributed by atoms with E-state index in [1.807, 2.05) is 0 Å². The maximum absolute atomic E-state index is 11.4. The van der Waals surface area contributed by atoms with Crippen LogP contribution < -0.4 is 11.2 Å². The van der Waals surface area contributed by atoms with E-state index in [1.54, 1.807) is 0 Å². The SMILES string of the molecule is CC(O[C@H](CO)C(O)CO)n1ccc(=O)[nH]c1=O. The molecule has 0 bridgehead atoms. The number of aliphatic hydroxyl groups is 3. The molecule has 0 aromatic carbocycles. The van der Waals surface area contributed by atoms with Crippen LogP contribution in [-0.2, 0) is 4.74 Å². The summed E-state index contributed by atoms with van der Waals surface area (Å²) in [7, 11) is 0. The number of ether oxygens (including phenoxy) is 1. The number of aromatic nitrogens is 2. The molecule has 0 amide bonds. The van der Waals surface area contributed by atoms with E-state index in [0.29, 0.717) is 0 Å². The average molecular weight is 260 g/mol. The van der Waals surface area contributed by atoms with Crippen LogP contribution in [0.15, 0.2) is 21.9 Å². The zero-order chi connectivity index (χ0) is 13.7. The maximum Gasteiger partial charge on any atom is 0.330 e. The van der Waals surface area contributed by atoms with Crippen molar-refractivity contribution in [2.75, 3.05) is 13.2 Å². The van der Waals surface area contributed by atoms with Crippen molar-refractivity contribution in [3.05, 3.63) is 33.1 Å². The van der Waals surface area contributed by atoms with Crippen LogP contribution in [0.1, 0.15) is 13.2 Å². The third-order valence-electron chi connectivity index (χ3n) is 2.41. The first-order chi connectivity index (χ1) is 8.49. The molecular formula is C10H16N2O6. The summed E-state index contributed by atoms with van der Waals surface area (Å²) < 4.78 is 6.33. The summed E-state index contributed by atoms with van der Waals surface area (Å²) in [5.74, 6) is 0. The van der Waals surface area contributed by atoms with E-state index in [-0.39, 0.29) is 0 Å². The predicted octanol–water partition coefficient (Wildman–Crippen LogP) is -2.21. The molecule has 3 atom stereocenters. The van der Waals surface area contributed by atoms with Gasteiger partial charge >= 0.3 is 5.69 Å². The number of aromatic amines is 1. The van der Waals surface area contributed by atoms with Gasteiger partial charge in [0.05, 0.1) is 13.2 Å². The number of hydrogen-bond donors (Lipinski definition) is 4. The highest BCUT2D eigenvalue weighted by Crippen LogP contribution is 2.10. The number of aliphatic hydroxyl groups excluding tert-OH is 3. The van der Waals surface area contributed by atoms with Crippen LogP contribution in [0.25, 0.3) is 0 Å². The first kappa shape index (κ1) is 14.6. The molecular weight excluding hydrogens is 244 g/mol. The quantitative estimate of drug-likeness (QED) is 0.459. The van der Waals surface area contributed by atoms with Gasteiger partial charge in [-0.25, -0.2) is 4.79 Å². The van der Waals surface area contributed by atoms with Gasteiger partial charge in [-0.15, -0.1) is 0 Å². The Morgan fingerprint density at radius 2 is 2.06 bits per heavy atom. The highest BCUT2D eigenvalue weighted by molar-refractivity contribution is 4.83. The van der Waals surface area contributed by atoms with Crippen molar-refractivity contribution >= 4 is 0 Å². The van der Waals surface area contributed by atoms with E-state index in [2.05, 4.69) is 4.98 Å². The summed E-state index contributed by atoms with van der Waals surface area (Å²) in [5.41, 5.74) is -1.19. The van der Waals surface area contributed by atoms with Gasteiger partial charge in [0.1, 0.15) is 18.4 Å². The van der Waals surface area contributed by atoms with Gasteiger partial charge in [0.15, 0.2) is 0 Å². The van der Waals surface area contributed by atoms with Crippen LogP contribution in [0.5, 0.6) is 0 Å². The van der Waals surface area contributed by atoms with Gasteiger partial charge in [0.25, 0.3) is 5.56 Å². The van der Waals surface area contributed by atoms with Gasteiger partial charge in [0.2, 0.25) is 0 Å². The molecule has 0 saturated carbocycles. The summed E-state index contributed by atoms with van der Waals surface area (Å²) in [6.07, 6.45) is -1.85. The molecule has 1 aromatic rings. The maximum atomic E-state index is 11.4. The first-order valence-electron chi connectivity index (χ1n) is 5.36. The molecule has 8 heteroatoms. The van der Waals surface area contributed by atoms with Crippen LogP contribution in [0.4, 0.5) is 0 Å². The molecule has 0 aliphatic heterocycles. The fraction of sp³-hybridized carbons (Fsp3) is 0.600. The molecule has 1 aromatic heterocycles. The Kier molecular flexibility index (Phi) is 5.23. The van der Waals surface area contributed by atoms with Crippen molar-refractivity contribution < 1.29 is 20.1 Å². The van der Waals surface area contributed by atoms with Crippen molar-refractivity contribution in [3.63, 3.8) is 0 Å². The molecule has 1 rings (SSSR count). The summed E-state index contributed by atoms with van der Waals surface area (Å²) in [4.78, 5) is 24.4. The van der Waals surface area contributed by atoms with Crippen molar-refractivity contribution in [3.8, 4) is 0 Å². The van der Waals surface area contributed by atoms with E-state index in [4.69, 9.17) is 14.9 Å². The van der Waals surface area contributed by atoms with Gasteiger partial charge in [0, 0.05) is 12.3 Å². The molecule has 0 saturated heterocycles. The second-order valence-electron chi connectivity index (χ2n) is 3.72. The summed E-state index contributed by atoms with van der Waals surface area (Å²) >= 11 is 0. The Balaban J connectivity index is 2.84. The monoisotopic (exact) mass is 260 g/mol. The predicted molar refractivity (Wildman–Crippen MR) is 61.1 cm³/mol. The van der Waals surface area contributed by atoms with Crippen LogP contribution in [0.2, 0.25) is 0 Å². The third kappa shape index (κ3) is 3.50. The zero-order valence-corrected chi connectivity index (χ0v) is 9.81. The molecule has 0 radical (unpaired) electrons. The summed E-state index contributed by atoms with van der Waals surface area (Å²) in [6.45, 7) is 0.426. The lowest BCUT2D eigenvalue weighted by Gasteiger charge is -2.24. The van der Waals surface area contributed by atoms with Crippen LogP contribution in [0.3, 0.4) is 0 Å². The lowest BCUT2D eigenvalue weighted by molar-refractivity contribution is -0.127. The molecule has 102 valence electrons. The standard InChI is InChI=1S/C10H16N2O6/c1-6(18-8(5-14)7(15)4-13)12-3-2-9(16)11-10(12)17/h2-3,6-8,13-15H,4-5H2,1H3,(H,11,16,17)/t6?,7?,8-/m1/s1. The van der Waals surface area contributed by atoms with Gasteiger partial charge in [-0.05, 0) is 6.92 Å². The molecule has 0 aliphatic rings. The third-order valence-corrected chi connectivity index (χ3v) is 2.41. The highest BCUT2D eigenvalue weighted by atomic mass is 16.5. The number of hydrogen-bond acceptors (Lipinski definition) is 6. The lowest BCUT2D eigenvalue weighted by atomic mass is 10.2. The second kappa shape index (κ2) is 6.45. The van der Waals surface area contributed by atoms with Gasteiger partial charge < -0.3 is 20.1 Å². The van der Waals surface area contributed by atoms with E-state index < -0.39 is 42.9 Å². The smallest absolute Gasteiger partial charge is 0.330 e. The number of nitrogens with one attached hydrogen (secondary N) is 1. The Bertz CT molecular complexity index is 482. The lowest BCUT2D eigenvalue weighted by Crippen LogP contribution is -2.39. The topological polar surface area (TPSA) is 125 Å². The Morgan fingerprint density at radius 1 is 1.39 bits per heavy atom. The number of H-pyrrole nitrogens is 1. The molecule has 4 N–H and O–H groups in total. The highest BCUT2D eigenvalue weighted by Gasteiger charge is 2.21. The minimum Gasteiger partial charge on any atom is -0.394 e. The second-order valence-corrected chi connectivity index (χ2v) is 3.72. The Morgan fingerprint density at radius 3 is 2.56 bits per heavy atom. The zero-order valence-electron chi connectivity index (χ0n) is 9.81. The molecule has 0 spiro atoms. The number of nitrogens with zero attached hydrogens (tertiary/aromatic N) is 1. The molecule has 0 aliphatic carbocycles. The van der Waals surface area contributed by atoms with Gasteiger partial charge in [-0.1, -0.05) is 0 Å². The van der Waals surface area contributed by atoms with E-state index >= 15 is 0 Å². The van der Waals surface area contributed by atoms with Crippen molar-refractivity contribution in [1.82, 2.24) is 9.55 Å². The fourth-order valence-corrected chi connectivity index (χ4v) is 1.41. The van der Waals surface area contributed by atoms with Gasteiger partial charge in [-0.3, -0.25) is 14.3 Å². The summed E-state index contributed by atoms with van der Waals surface area (Å²) in [5, 5.41) is 27.1. The Labute approximate surface area is 102 Å². The molecule has 8 nitrogen and oxygen atoms in total. The van der Waals surface area contributed by atoms with Crippen LogP contribution in [0, 0.1) is 0 Å². The molecule has 2 unspecified atom stereocenters. The van der Waals surface area contributed by atoms with Crippen LogP contribution >= 0.6 is 0 Å². The normalized spacial score (nSPS) is 16.2. The minimum absolute atomic E-state index is 0.510. The van der Waals surface area contributed by atoms with E-state index in [1.165, 1.54) is 13.1 Å². The number of rotatable bonds is 6. The first-order valence-corrected chi connectivity index (χ1v) is 5.36. The van der Waals surface area contributed by atoms with Crippen molar-refractivity contribution in [1.29, 1.82) is 0 Å². The Hall–Kier alpha value is -1.48. The molecule has 18 heavy (non-hydrogen) atoms. The summed E-state index contributed by atoms with van der Waals surface area (Å²) in [6, 6.07) is 1.15. The average Bonchev–Trinajstić information content (AvgIpc) is 2.34. The van der Waals surface area contributed by atoms with E-state index in [0.717, 1.165) is 10.6 Å². The van der Waals surface area contributed by atoms with E-state index in [9.17, 15) is 14.7 Å². The minimum atomic E-state index is -1.25. The molecule has 1 heterocycles. The fourth-order valence-electron chi connectivity index (χ4n) is 1.41. The van der Waals surface area contributed by atoms with Crippen molar-refractivity contribution in [2.45, 2.75) is 25.4 Å². The van der Waals surface area contributed by atoms with Crippen LogP contribution in [-0.4, -0.2) is 50.3 Å². The van der Waals surface area contributed by atoms with Crippen molar-refractivity contribution in [2.24, 2.45) is 0 Å². The molecule has 0 fully saturated rings.